The fourth-order valence-electron chi connectivity index (χ4n) is 4.85. The van der Waals surface area contributed by atoms with Crippen LogP contribution in [0.15, 0.2) is 108 Å². The Labute approximate surface area is 218 Å². The molecule has 0 unspecified atom stereocenters. The first kappa shape index (κ1) is 23.6. The van der Waals surface area contributed by atoms with Crippen LogP contribution in [0.25, 0.3) is 32.3 Å². The SMILES string of the molecule is Nc1ccc2ccccc2c1Nc1cc2ccccc2c(S(=O)(=O)O)c1Nc1ccc2cccc(O)c2c1. The van der Waals surface area contributed by atoms with Crippen LogP contribution in [0.1, 0.15) is 0 Å². The number of phenols is 1. The van der Waals surface area contributed by atoms with Gasteiger partial charge in [0.25, 0.3) is 10.1 Å². The third-order valence-corrected chi connectivity index (χ3v) is 7.55. The van der Waals surface area contributed by atoms with Crippen molar-refractivity contribution in [2.24, 2.45) is 0 Å². The van der Waals surface area contributed by atoms with Gasteiger partial charge < -0.3 is 21.5 Å². The normalized spacial score (nSPS) is 11.7. The van der Waals surface area contributed by atoms with Crippen LogP contribution in [0.5, 0.6) is 5.75 Å². The number of nitrogens with two attached hydrogens (primary N) is 1. The van der Waals surface area contributed by atoms with Crippen molar-refractivity contribution in [3.8, 4) is 5.75 Å². The first-order valence-corrected chi connectivity index (χ1v) is 13.3. The number of phenolic OH excluding ortho intramolecular Hbond substituents is 1. The van der Waals surface area contributed by atoms with Crippen LogP contribution in [-0.2, 0) is 10.1 Å². The lowest BCUT2D eigenvalue weighted by atomic mass is 10.0. The summed E-state index contributed by atoms with van der Waals surface area (Å²) in [5.41, 5.74) is 8.53. The molecule has 0 fully saturated rings. The summed E-state index contributed by atoms with van der Waals surface area (Å²) in [5, 5.41) is 21.1. The molecule has 6 aromatic carbocycles. The molecule has 8 heteroatoms. The van der Waals surface area contributed by atoms with E-state index in [1.54, 1.807) is 54.6 Å². The molecule has 0 atom stereocenters. The highest BCUT2D eigenvalue weighted by molar-refractivity contribution is 7.86. The molecule has 0 heterocycles. The van der Waals surface area contributed by atoms with Crippen LogP contribution in [-0.4, -0.2) is 18.1 Å². The van der Waals surface area contributed by atoms with Gasteiger partial charge in [0.15, 0.2) is 0 Å². The Morgan fingerprint density at radius 1 is 0.632 bits per heavy atom. The lowest BCUT2D eigenvalue weighted by Crippen LogP contribution is -2.08. The molecule has 188 valence electrons. The molecule has 6 aromatic rings. The fourth-order valence-corrected chi connectivity index (χ4v) is 5.73. The van der Waals surface area contributed by atoms with E-state index in [9.17, 15) is 18.1 Å². The summed E-state index contributed by atoms with van der Waals surface area (Å²) in [6.07, 6.45) is 0. The second kappa shape index (κ2) is 8.95. The van der Waals surface area contributed by atoms with Crippen LogP contribution in [0.3, 0.4) is 0 Å². The van der Waals surface area contributed by atoms with E-state index < -0.39 is 10.1 Å². The Morgan fingerprint density at radius 2 is 1.29 bits per heavy atom. The molecule has 6 rings (SSSR count). The van der Waals surface area contributed by atoms with Gasteiger partial charge in [0.05, 0.1) is 22.7 Å². The molecule has 0 amide bonds. The minimum atomic E-state index is -4.68. The van der Waals surface area contributed by atoms with Crippen LogP contribution in [0.4, 0.5) is 28.4 Å². The van der Waals surface area contributed by atoms with Crippen molar-refractivity contribution >= 4 is 70.9 Å². The second-order valence-corrected chi connectivity index (χ2v) is 10.4. The minimum absolute atomic E-state index is 0.0987. The lowest BCUT2D eigenvalue weighted by Gasteiger charge is -2.21. The number of rotatable bonds is 5. The minimum Gasteiger partial charge on any atom is -0.507 e. The maximum atomic E-state index is 12.8. The Morgan fingerprint density at radius 3 is 2.08 bits per heavy atom. The summed E-state index contributed by atoms with van der Waals surface area (Å²) in [7, 11) is -4.68. The van der Waals surface area contributed by atoms with Gasteiger partial charge in [0.2, 0.25) is 0 Å². The highest BCUT2D eigenvalue weighted by atomic mass is 32.2. The van der Waals surface area contributed by atoms with Crippen molar-refractivity contribution in [3.63, 3.8) is 0 Å². The van der Waals surface area contributed by atoms with E-state index >= 15 is 0 Å². The van der Waals surface area contributed by atoms with Crippen LogP contribution < -0.4 is 16.4 Å². The molecule has 0 saturated heterocycles. The summed E-state index contributed by atoms with van der Waals surface area (Å²) >= 11 is 0. The molecule has 6 N–H and O–H groups in total. The van der Waals surface area contributed by atoms with Gasteiger partial charge in [-0.2, -0.15) is 8.42 Å². The molecule has 7 nitrogen and oxygen atoms in total. The van der Waals surface area contributed by atoms with Crippen molar-refractivity contribution < 1.29 is 18.1 Å². The van der Waals surface area contributed by atoms with Gasteiger partial charge in [-0.15, -0.1) is 0 Å². The number of fused-ring (bicyclic) bond motifs is 3. The Bertz CT molecular complexity index is 1990. The molecule has 0 radical (unpaired) electrons. The average Bonchev–Trinajstić information content (AvgIpc) is 2.90. The largest absolute Gasteiger partial charge is 0.507 e. The van der Waals surface area contributed by atoms with E-state index in [4.69, 9.17) is 5.73 Å². The maximum Gasteiger partial charge on any atom is 0.297 e. The topological polar surface area (TPSA) is 125 Å². The van der Waals surface area contributed by atoms with Gasteiger partial charge in [-0.1, -0.05) is 72.8 Å². The number of nitrogen functional groups attached to an aromatic ring is 1. The summed E-state index contributed by atoms with van der Waals surface area (Å²) < 4.78 is 36.1. The molecule has 0 aliphatic carbocycles. The Kier molecular flexibility index (Phi) is 5.56. The quantitative estimate of drug-likeness (QED) is 0.120. The molecule has 0 spiro atoms. The zero-order valence-electron chi connectivity index (χ0n) is 20.0. The predicted molar refractivity (Wildman–Crippen MR) is 154 cm³/mol. The fraction of sp³-hybridized carbons (Fsp3) is 0. The van der Waals surface area contributed by atoms with Crippen LogP contribution in [0, 0.1) is 0 Å². The van der Waals surface area contributed by atoms with Gasteiger partial charge in [0.1, 0.15) is 10.6 Å². The second-order valence-electron chi connectivity index (χ2n) is 9.04. The molecular weight excluding hydrogens is 498 g/mol. The highest BCUT2D eigenvalue weighted by Crippen LogP contribution is 2.42. The first-order valence-electron chi connectivity index (χ1n) is 11.9. The molecule has 0 aromatic heterocycles. The zero-order chi connectivity index (χ0) is 26.4. The number of nitrogens with one attached hydrogen (secondary N) is 2. The number of aromatic hydroxyl groups is 1. The van der Waals surface area contributed by atoms with Crippen LogP contribution >= 0.6 is 0 Å². The van der Waals surface area contributed by atoms with Gasteiger partial charge in [-0.25, -0.2) is 0 Å². The van der Waals surface area contributed by atoms with Gasteiger partial charge in [-0.3, -0.25) is 4.55 Å². The maximum absolute atomic E-state index is 12.8. The van der Waals surface area contributed by atoms with Crippen molar-refractivity contribution in [2.45, 2.75) is 4.90 Å². The number of anilines is 5. The summed E-state index contributed by atoms with van der Waals surface area (Å²) in [6, 6.07) is 30.7. The van der Waals surface area contributed by atoms with Gasteiger partial charge in [0, 0.05) is 21.8 Å². The average molecular weight is 522 g/mol. The number of hydrogen-bond donors (Lipinski definition) is 5. The Balaban J connectivity index is 1.61. The lowest BCUT2D eigenvalue weighted by molar-refractivity contribution is 0.481. The summed E-state index contributed by atoms with van der Waals surface area (Å²) in [5.74, 6) is 0.0987. The molecule has 0 saturated carbocycles. The van der Waals surface area contributed by atoms with Crippen molar-refractivity contribution in [2.75, 3.05) is 16.4 Å². The third kappa shape index (κ3) is 4.11. The smallest absolute Gasteiger partial charge is 0.297 e. The molecule has 38 heavy (non-hydrogen) atoms. The van der Waals surface area contributed by atoms with Gasteiger partial charge in [-0.05, 0) is 46.5 Å². The molecule has 0 aliphatic heterocycles. The molecular formula is C30H23N3O4S. The third-order valence-electron chi connectivity index (χ3n) is 6.61. The standard InChI is InChI=1S/C30H23N3O4S/c31-25-15-13-18-6-1-3-9-22(18)28(25)33-26-16-20-7-2-4-10-23(20)30(38(35,36)37)29(26)32-21-14-12-19-8-5-11-27(34)24(19)17-21/h1-17,32-34H,31H2,(H,35,36,37). The predicted octanol–water partition coefficient (Wildman–Crippen LogP) is 7.17. The number of hydrogen-bond acceptors (Lipinski definition) is 6. The van der Waals surface area contributed by atoms with Crippen molar-refractivity contribution in [1.82, 2.24) is 0 Å². The first-order chi connectivity index (χ1) is 18.3. The monoisotopic (exact) mass is 521 g/mol. The van der Waals surface area contributed by atoms with Crippen molar-refractivity contribution in [3.05, 3.63) is 103 Å². The van der Waals surface area contributed by atoms with E-state index in [2.05, 4.69) is 10.6 Å². The van der Waals surface area contributed by atoms with Crippen LogP contribution in [0.2, 0.25) is 0 Å². The zero-order valence-corrected chi connectivity index (χ0v) is 20.8. The van der Waals surface area contributed by atoms with Gasteiger partial charge >= 0.3 is 0 Å². The Hall–Kier alpha value is -4.79. The van der Waals surface area contributed by atoms with Crippen molar-refractivity contribution in [1.29, 1.82) is 0 Å². The molecule has 0 bridgehead atoms. The van der Waals surface area contributed by atoms with E-state index in [1.165, 1.54) is 0 Å². The summed E-state index contributed by atoms with van der Waals surface area (Å²) in [6.45, 7) is 0. The van der Waals surface area contributed by atoms with E-state index in [0.29, 0.717) is 38.9 Å². The van der Waals surface area contributed by atoms with E-state index in [1.807, 2.05) is 48.5 Å². The molecule has 0 aliphatic rings. The van der Waals surface area contributed by atoms with E-state index in [-0.39, 0.29) is 16.3 Å². The number of benzene rings is 6. The van der Waals surface area contributed by atoms with E-state index in [0.717, 1.165) is 16.2 Å². The highest BCUT2D eigenvalue weighted by Gasteiger charge is 2.24. The summed E-state index contributed by atoms with van der Waals surface area (Å²) in [4.78, 5) is -0.269.